The Morgan fingerprint density at radius 1 is 1.17 bits per heavy atom. The first-order chi connectivity index (χ1) is 14.5. The van der Waals surface area contributed by atoms with Gasteiger partial charge in [0.15, 0.2) is 0 Å². The number of nitrogens with zero attached hydrogens (tertiary/aromatic N) is 2. The third-order valence-electron chi connectivity index (χ3n) is 7.24. The van der Waals surface area contributed by atoms with Crippen LogP contribution in [0.4, 0.5) is 0 Å². The van der Waals surface area contributed by atoms with E-state index >= 15 is 0 Å². The highest BCUT2D eigenvalue weighted by Gasteiger charge is 2.33. The average Bonchev–Trinajstić information content (AvgIpc) is 2.78. The lowest BCUT2D eigenvalue weighted by Crippen LogP contribution is -2.43. The summed E-state index contributed by atoms with van der Waals surface area (Å²) in [6.07, 6.45) is 12.4. The lowest BCUT2D eigenvalue weighted by molar-refractivity contribution is -0.127. The van der Waals surface area contributed by atoms with Crippen LogP contribution in [0, 0.1) is 11.8 Å². The van der Waals surface area contributed by atoms with Crippen molar-refractivity contribution >= 4 is 28.6 Å². The molecule has 0 radical (unpaired) electrons. The molecule has 6 heteroatoms. The van der Waals surface area contributed by atoms with Gasteiger partial charge in [0.2, 0.25) is 5.91 Å². The molecular formula is C24H33N3O2S. The standard InChI is InChI=1S/C24H33N3O2S/c1-15-9-10-18(26-23(28)16-7-5-4-6-8-16)12-19(15)20-11-17-14-25-22(30-3)13-21(17)27(2)24(20)29/h11,13-16,18-19H,4-10,12H2,1-3H3,(H,26,28). The minimum Gasteiger partial charge on any atom is -0.353 e. The first-order valence-electron chi connectivity index (χ1n) is 11.3. The lowest BCUT2D eigenvalue weighted by Gasteiger charge is -2.36. The molecule has 0 aromatic carbocycles. The van der Waals surface area contributed by atoms with Gasteiger partial charge >= 0.3 is 0 Å². The van der Waals surface area contributed by atoms with Gasteiger partial charge in [-0.15, -0.1) is 11.8 Å². The van der Waals surface area contributed by atoms with Crippen molar-refractivity contribution in [2.45, 2.75) is 75.3 Å². The number of carbonyl (C=O) groups is 1. The van der Waals surface area contributed by atoms with E-state index in [0.717, 1.165) is 53.6 Å². The Morgan fingerprint density at radius 3 is 2.67 bits per heavy atom. The van der Waals surface area contributed by atoms with Crippen molar-refractivity contribution in [1.82, 2.24) is 14.9 Å². The first kappa shape index (κ1) is 21.4. The zero-order chi connectivity index (χ0) is 21.3. The van der Waals surface area contributed by atoms with E-state index in [-0.39, 0.29) is 29.3 Å². The molecule has 1 N–H and O–H groups in total. The lowest BCUT2D eigenvalue weighted by atomic mass is 9.74. The highest BCUT2D eigenvalue weighted by molar-refractivity contribution is 7.98. The van der Waals surface area contributed by atoms with E-state index in [1.54, 1.807) is 16.3 Å². The van der Waals surface area contributed by atoms with Crippen LogP contribution in [0.1, 0.15) is 69.8 Å². The number of pyridine rings is 2. The van der Waals surface area contributed by atoms with E-state index in [9.17, 15) is 9.59 Å². The molecule has 4 rings (SSSR count). The average molecular weight is 428 g/mol. The Morgan fingerprint density at radius 2 is 1.93 bits per heavy atom. The Hall–Kier alpha value is -1.82. The quantitative estimate of drug-likeness (QED) is 0.723. The Kier molecular flexibility index (Phi) is 6.51. The molecule has 2 aromatic rings. The second-order valence-corrected chi connectivity index (χ2v) is 10.0. The zero-order valence-electron chi connectivity index (χ0n) is 18.3. The summed E-state index contributed by atoms with van der Waals surface area (Å²) >= 11 is 1.58. The molecule has 2 heterocycles. The van der Waals surface area contributed by atoms with Crippen LogP contribution in [0.3, 0.4) is 0 Å². The summed E-state index contributed by atoms with van der Waals surface area (Å²) in [5.41, 5.74) is 1.87. The van der Waals surface area contributed by atoms with E-state index in [4.69, 9.17) is 0 Å². The van der Waals surface area contributed by atoms with Crippen molar-refractivity contribution in [1.29, 1.82) is 0 Å². The second kappa shape index (κ2) is 9.13. The van der Waals surface area contributed by atoms with E-state index in [1.165, 1.54) is 19.3 Å². The van der Waals surface area contributed by atoms with Gasteiger partial charge in [-0.2, -0.15) is 0 Å². The molecule has 2 saturated carbocycles. The Balaban J connectivity index is 1.57. The number of aromatic nitrogens is 2. The van der Waals surface area contributed by atoms with Crippen LogP contribution in [-0.4, -0.2) is 27.8 Å². The highest BCUT2D eigenvalue weighted by atomic mass is 32.2. The monoisotopic (exact) mass is 427 g/mol. The minimum absolute atomic E-state index is 0.0804. The summed E-state index contributed by atoms with van der Waals surface area (Å²) in [6.45, 7) is 2.24. The number of amides is 1. The van der Waals surface area contributed by atoms with Crippen LogP contribution in [0.15, 0.2) is 28.2 Å². The third kappa shape index (κ3) is 4.29. The van der Waals surface area contributed by atoms with Gasteiger partial charge in [0, 0.05) is 36.2 Å². The fourth-order valence-electron chi connectivity index (χ4n) is 5.32. The smallest absolute Gasteiger partial charge is 0.254 e. The molecule has 2 aliphatic rings. The fourth-order valence-corrected chi connectivity index (χ4v) is 5.71. The van der Waals surface area contributed by atoms with Crippen LogP contribution in [0.2, 0.25) is 0 Å². The summed E-state index contributed by atoms with van der Waals surface area (Å²) in [6, 6.07) is 4.20. The van der Waals surface area contributed by atoms with Gasteiger partial charge in [0.05, 0.1) is 10.5 Å². The van der Waals surface area contributed by atoms with Crippen molar-refractivity contribution in [3.8, 4) is 0 Å². The van der Waals surface area contributed by atoms with E-state index in [0.29, 0.717) is 5.92 Å². The maximum atomic E-state index is 13.3. The van der Waals surface area contributed by atoms with Crippen LogP contribution in [0.25, 0.3) is 10.9 Å². The summed E-state index contributed by atoms with van der Waals surface area (Å²) < 4.78 is 1.77. The number of rotatable bonds is 4. The summed E-state index contributed by atoms with van der Waals surface area (Å²) in [5, 5.41) is 5.26. The maximum Gasteiger partial charge on any atom is 0.254 e. The summed E-state index contributed by atoms with van der Waals surface area (Å²) in [4.78, 5) is 30.5. The van der Waals surface area contributed by atoms with Crippen molar-refractivity contribution in [3.05, 3.63) is 34.2 Å². The van der Waals surface area contributed by atoms with Crippen LogP contribution < -0.4 is 10.9 Å². The van der Waals surface area contributed by atoms with Gasteiger partial charge in [-0.25, -0.2) is 4.98 Å². The molecule has 0 spiro atoms. The molecule has 3 atom stereocenters. The van der Waals surface area contributed by atoms with Crippen LogP contribution in [0.5, 0.6) is 0 Å². The molecule has 0 aliphatic heterocycles. The van der Waals surface area contributed by atoms with E-state index in [1.807, 2.05) is 31.6 Å². The number of thioether (sulfide) groups is 1. The molecule has 2 aliphatic carbocycles. The molecule has 162 valence electrons. The second-order valence-electron chi connectivity index (χ2n) is 9.19. The Bertz CT molecular complexity index is 980. The van der Waals surface area contributed by atoms with E-state index < -0.39 is 0 Å². The molecule has 0 saturated heterocycles. The predicted octanol–water partition coefficient (Wildman–Crippen LogP) is 4.62. The van der Waals surface area contributed by atoms with Crippen molar-refractivity contribution < 1.29 is 4.79 Å². The first-order valence-corrected chi connectivity index (χ1v) is 12.5. The molecule has 1 amide bonds. The van der Waals surface area contributed by atoms with Gasteiger partial charge in [-0.1, -0.05) is 26.2 Å². The number of nitrogens with one attached hydrogen (secondary N) is 1. The third-order valence-corrected chi connectivity index (χ3v) is 7.88. The van der Waals surface area contributed by atoms with Crippen LogP contribution in [-0.2, 0) is 11.8 Å². The molecule has 30 heavy (non-hydrogen) atoms. The minimum atomic E-state index is 0.0804. The molecule has 5 nitrogen and oxygen atoms in total. The largest absolute Gasteiger partial charge is 0.353 e. The van der Waals surface area contributed by atoms with Crippen LogP contribution >= 0.6 is 11.8 Å². The zero-order valence-corrected chi connectivity index (χ0v) is 19.1. The van der Waals surface area contributed by atoms with Crippen molar-refractivity contribution in [3.63, 3.8) is 0 Å². The number of fused-ring (bicyclic) bond motifs is 1. The normalized spacial score (nSPS) is 25.4. The number of hydrogen-bond donors (Lipinski definition) is 1. The van der Waals surface area contributed by atoms with Gasteiger partial charge in [0.25, 0.3) is 5.56 Å². The van der Waals surface area contributed by atoms with Crippen molar-refractivity contribution in [2.24, 2.45) is 18.9 Å². The van der Waals surface area contributed by atoms with Crippen molar-refractivity contribution in [2.75, 3.05) is 6.26 Å². The number of aryl methyl sites for hydroxylation is 1. The molecule has 3 unspecified atom stereocenters. The molecule has 0 bridgehead atoms. The number of hydrogen-bond acceptors (Lipinski definition) is 4. The summed E-state index contributed by atoms with van der Waals surface area (Å²) in [5.74, 6) is 1.00. The molecular weight excluding hydrogens is 394 g/mol. The van der Waals surface area contributed by atoms with Gasteiger partial charge in [-0.3, -0.25) is 9.59 Å². The van der Waals surface area contributed by atoms with Gasteiger partial charge < -0.3 is 9.88 Å². The summed E-state index contributed by atoms with van der Waals surface area (Å²) in [7, 11) is 1.86. The van der Waals surface area contributed by atoms with Gasteiger partial charge in [0.1, 0.15) is 0 Å². The SMILES string of the molecule is CSc1cc2c(cn1)cc(C1CC(NC(=O)C3CCCCC3)CCC1C)c(=O)n2C. The topological polar surface area (TPSA) is 64.0 Å². The molecule has 2 fully saturated rings. The number of carbonyl (C=O) groups excluding carboxylic acids is 1. The molecule has 2 aromatic heterocycles. The predicted molar refractivity (Wildman–Crippen MR) is 123 cm³/mol. The highest BCUT2D eigenvalue weighted by Crippen LogP contribution is 2.37. The maximum absolute atomic E-state index is 13.3. The fraction of sp³-hybridized carbons (Fsp3) is 0.625. The Labute approximate surface area is 183 Å². The van der Waals surface area contributed by atoms with E-state index in [2.05, 4.69) is 17.2 Å². The van der Waals surface area contributed by atoms with Gasteiger partial charge in [-0.05, 0) is 62.3 Å².